The van der Waals surface area contributed by atoms with E-state index in [4.69, 9.17) is 16.3 Å². The summed E-state index contributed by atoms with van der Waals surface area (Å²) < 4.78 is 33.2. The van der Waals surface area contributed by atoms with Crippen LogP contribution < -0.4 is 9.46 Å². The number of sulfonamides is 1. The molecule has 0 bridgehead atoms. The Morgan fingerprint density at radius 2 is 2.15 bits per heavy atom. The van der Waals surface area contributed by atoms with Gasteiger partial charge in [-0.15, -0.1) is 5.10 Å². The Balaban J connectivity index is 2.36. The van der Waals surface area contributed by atoms with Gasteiger partial charge in [-0.2, -0.15) is 8.42 Å². The molecule has 0 aliphatic carbocycles. The lowest BCUT2D eigenvalue weighted by Gasteiger charge is -2.09. The highest BCUT2D eigenvalue weighted by molar-refractivity contribution is 9.10. The second-order valence-electron chi connectivity index (χ2n) is 3.76. The van der Waals surface area contributed by atoms with E-state index in [1.807, 2.05) is 0 Å². The van der Waals surface area contributed by atoms with Crippen molar-refractivity contribution < 1.29 is 13.2 Å². The number of hydrogen-bond acceptors (Lipinski definition) is 5. The van der Waals surface area contributed by atoms with Crippen molar-refractivity contribution in [2.45, 2.75) is 5.03 Å². The zero-order chi connectivity index (χ0) is 14.9. The van der Waals surface area contributed by atoms with Gasteiger partial charge in [0, 0.05) is 7.05 Å². The number of aryl methyl sites for hydroxylation is 1. The molecule has 0 radical (unpaired) electrons. The van der Waals surface area contributed by atoms with E-state index in [0.717, 1.165) is 4.68 Å². The first-order chi connectivity index (χ1) is 9.35. The molecule has 20 heavy (non-hydrogen) atoms. The molecule has 1 heterocycles. The van der Waals surface area contributed by atoms with Gasteiger partial charge in [0.15, 0.2) is 4.60 Å². The quantitative estimate of drug-likeness (QED) is 0.876. The summed E-state index contributed by atoms with van der Waals surface area (Å²) >= 11 is 8.99. The lowest BCUT2D eigenvalue weighted by atomic mass is 10.3. The van der Waals surface area contributed by atoms with E-state index in [9.17, 15) is 8.42 Å². The van der Waals surface area contributed by atoms with Crippen LogP contribution in [0.1, 0.15) is 0 Å². The average molecular weight is 382 g/mol. The maximum atomic E-state index is 12.3. The summed E-state index contributed by atoms with van der Waals surface area (Å²) in [7, 11) is -0.871. The molecule has 0 aliphatic rings. The number of hydrogen-bond donors (Lipinski definition) is 1. The lowest BCUT2D eigenvalue weighted by Crippen LogP contribution is -2.17. The van der Waals surface area contributed by atoms with Crippen molar-refractivity contribution in [1.29, 1.82) is 0 Å². The third-order valence-electron chi connectivity index (χ3n) is 2.40. The summed E-state index contributed by atoms with van der Waals surface area (Å²) in [5.41, 5.74) is 0.309. The zero-order valence-corrected chi connectivity index (χ0v) is 13.6. The first-order valence-electron chi connectivity index (χ1n) is 5.26. The Kier molecular flexibility index (Phi) is 4.21. The number of ether oxygens (including phenoxy) is 1. The third kappa shape index (κ3) is 2.89. The summed E-state index contributed by atoms with van der Waals surface area (Å²) in [6.07, 6.45) is 0. The molecule has 0 aliphatic heterocycles. The molecule has 1 N–H and O–H groups in total. The molecule has 2 rings (SSSR count). The first kappa shape index (κ1) is 15.1. The Bertz CT molecular complexity index is 727. The number of anilines is 1. The summed E-state index contributed by atoms with van der Waals surface area (Å²) in [5, 5.41) is 7.48. The standard InChI is InChI=1S/C10H10BrClN4O3S/c1-16-10(9(11)13-15-16)20(17,18)14-6-3-4-8(19-2)7(12)5-6/h3-5,14H,1-2H3. The molecule has 0 spiro atoms. The number of halogens is 2. The van der Waals surface area contributed by atoms with Gasteiger partial charge in [-0.1, -0.05) is 16.8 Å². The van der Waals surface area contributed by atoms with Crippen LogP contribution in [-0.2, 0) is 17.1 Å². The molecule has 2 aromatic rings. The zero-order valence-electron chi connectivity index (χ0n) is 10.5. The molecule has 0 fully saturated rings. The van der Waals surface area contributed by atoms with Crippen molar-refractivity contribution in [1.82, 2.24) is 15.0 Å². The third-order valence-corrected chi connectivity index (χ3v) is 4.96. The minimum absolute atomic E-state index is 0.0792. The van der Waals surface area contributed by atoms with Crippen LogP contribution in [0.2, 0.25) is 5.02 Å². The van der Waals surface area contributed by atoms with Crippen molar-refractivity contribution in [3.05, 3.63) is 27.8 Å². The maximum absolute atomic E-state index is 12.3. The van der Waals surface area contributed by atoms with Crippen LogP contribution in [0.15, 0.2) is 27.8 Å². The van der Waals surface area contributed by atoms with Crippen LogP contribution in [0.25, 0.3) is 0 Å². The van der Waals surface area contributed by atoms with Gasteiger partial charge in [-0.05, 0) is 34.1 Å². The van der Waals surface area contributed by atoms with Crippen molar-refractivity contribution >= 4 is 43.2 Å². The highest BCUT2D eigenvalue weighted by atomic mass is 79.9. The van der Waals surface area contributed by atoms with E-state index in [0.29, 0.717) is 16.5 Å². The molecule has 0 unspecified atom stereocenters. The number of aromatic nitrogens is 3. The van der Waals surface area contributed by atoms with Crippen molar-refractivity contribution in [3.63, 3.8) is 0 Å². The molecule has 7 nitrogen and oxygen atoms in total. The second kappa shape index (κ2) is 5.58. The van der Waals surface area contributed by atoms with Gasteiger partial charge in [0.25, 0.3) is 10.0 Å². The number of nitrogens with one attached hydrogen (secondary N) is 1. The average Bonchev–Trinajstić information content (AvgIpc) is 2.69. The molecular formula is C10H10BrClN4O3S. The smallest absolute Gasteiger partial charge is 0.281 e. The fraction of sp³-hybridized carbons (Fsp3) is 0.200. The van der Waals surface area contributed by atoms with E-state index >= 15 is 0 Å². The van der Waals surface area contributed by atoms with E-state index in [1.165, 1.54) is 20.2 Å². The lowest BCUT2D eigenvalue weighted by molar-refractivity contribution is 0.415. The van der Waals surface area contributed by atoms with Crippen LogP contribution in [0.5, 0.6) is 5.75 Å². The fourth-order valence-electron chi connectivity index (χ4n) is 1.54. The number of rotatable bonds is 4. The minimum Gasteiger partial charge on any atom is -0.495 e. The van der Waals surface area contributed by atoms with E-state index in [-0.39, 0.29) is 9.63 Å². The van der Waals surface area contributed by atoms with Gasteiger partial charge >= 0.3 is 0 Å². The van der Waals surface area contributed by atoms with Gasteiger partial charge in [-0.25, -0.2) is 4.68 Å². The van der Waals surface area contributed by atoms with Gasteiger partial charge in [-0.3, -0.25) is 4.72 Å². The van der Waals surface area contributed by atoms with Crippen molar-refractivity contribution in [2.75, 3.05) is 11.8 Å². The Morgan fingerprint density at radius 1 is 1.45 bits per heavy atom. The molecule has 0 amide bonds. The molecular weight excluding hydrogens is 372 g/mol. The SMILES string of the molecule is COc1ccc(NS(=O)(=O)c2c(Br)nnn2C)cc1Cl. The monoisotopic (exact) mass is 380 g/mol. The van der Waals surface area contributed by atoms with Crippen molar-refractivity contribution in [2.24, 2.45) is 7.05 Å². The summed E-state index contributed by atoms with van der Waals surface area (Å²) in [5.74, 6) is 0.456. The van der Waals surface area contributed by atoms with Crippen LogP contribution in [0.3, 0.4) is 0 Å². The number of benzene rings is 1. The van der Waals surface area contributed by atoms with Crippen LogP contribution in [0, 0.1) is 0 Å². The first-order valence-corrected chi connectivity index (χ1v) is 7.92. The molecule has 10 heteroatoms. The highest BCUT2D eigenvalue weighted by Crippen LogP contribution is 2.29. The summed E-state index contributed by atoms with van der Waals surface area (Å²) in [4.78, 5) is 0. The van der Waals surface area contributed by atoms with E-state index < -0.39 is 10.0 Å². The maximum Gasteiger partial charge on any atom is 0.281 e. The Morgan fingerprint density at radius 3 is 2.65 bits per heavy atom. The molecule has 108 valence electrons. The van der Waals surface area contributed by atoms with Crippen LogP contribution in [-0.4, -0.2) is 30.5 Å². The summed E-state index contributed by atoms with van der Waals surface area (Å²) in [6, 6.07) is 4.56. The molecule has 0 saturated heterocycles. The number of methoxy groups -OCH3 is 1. The predicted molar refractivity (Wildman–Crippen MR) is 77.5 cm³/mol. The van der Waals surface area contributed by atoms with Crippen LogP contribution >= 0.6 is 27.5 Å². The van der Waals surface area contributed by atoms with E-state index in [2.05, 4.69) is 31.0 Å². The van der Waals surface area contributed by atoms with Gasteiger partial charge < -0.3 is 4.74 Å². The molecule has 0 atom stereocenters. The summed E-state index contributed by atoms with van der Waals surface area (Å²) in [6.45, 7) is 0. The minimum atomic E-state index is -3.83. The highest BCUT2D eigenvalue weighted by Gasteiger charge is 2.24. The van der Waals surface area contributed by atoms with Crippen LogP contribution in [0.4, 0.5) is 5.69 Å². The Hall–Kier alpha value is -1.32. The largest absolute Gasteiger partial charge is 0.495 e. The molecule has 1 aromatic carbocycles. The van der Waals surface area contributed by atoms with Crippen molar-refractivity contribution in [3.8, 4) is 5.75 Å². The molecule has 0 saturated carbocycles. The number of nitrogens with zero attached hydrogens (tertiary/aromatic N) is 3. The predicted octanol–water partition coefficient (Wildman–Crippen LogP) is 2.04. The Labute approximate surface area is 129 Å². The normalized spacial score (nSPS) is 11.4. The topological polar surface area (TPSA) is 86.1 Å². The van der Waals surface area contributed by atoms with Gasteiger partial charge in [0.05, 0.1) is 17.8 Å². The van der Waals surface area contributed by atoms with Gasteiger partial charge in [0.2, 0.25) is 5.03 Å². The second-order valence-corrected chi connectivity index (χ2v) is 6.52. The fourth-order valence-corrected chi connectivity index (χ4v) is 3.95. The van der Waals surface area contributed by atoms with Gasteiger partial charge in [0.1, 0.15) is 5.75 Å². The molecule has 1 aromatic heterocycles. The van der Waals surface area contributed by atoms with E-state index in [1.54, 1.807) is 12.1 Å².